The van der Waals surface area contributed by atoms with Crippen molar-refractivity contribution in [2.75, 3.05) is 5.73 Å². The number of aromatic nitrogens is 1. The van der Waals surface area contributed by atoms with E-state index in [0.717, 1.165) is 11.1 Å². The number of hydrogen-bond donors (Lipinski definition) is 2. The zero-order chi connectivity index (χ0) is 20.9. The molecule has 3 aromatic rings. The number of benzene rings is 2. The van der Waals surface area contributed by atoms with Gasteiger partial charge in [-0.25, -0.2) is 9.78 Å². The molecule has 1 unspecified atom stereocenters. The molecule has 3 N–H and O–H groups in total. The third kappa shape index (κ3) is 4.57. The Bertz CT molecular complexity index is 1040. The van der Waals surface area contributed by atoms with Gasteiger partial charge in [0.05, 0.1) is 11.5 Å². The number of pyridine rings is 1. The molecular weight excluding hydrogens is 382 g/mol. The second-order valence-corrected chi connectivity index (χ2v) is 7.03. The second kappa shape index (κ2) is 8.65. The number of amides is 1. The lowest BCUT2D eigenvalue weighted by Crippen LogP contribution is -2.61. The molecule has 1 aliphatic rings. The molecule has 1 fully saturated rings. The first-order chi connectivity index (χ1) is 14.6. The maximum atomic E-state index is 12.2. The van der Waals surface area contributed by atoms with Gasteiger partial charge < -0.3 is 20.5 Å². The van der Waals surface area contributed by atoms with Gasteiger partial charge in [-0.1, -0.05) is 30.3 Å². The van der Waals surface area contributed by atoms with Crippen LogP contribution in [0.25, 0.3) is 0 Å². The van der Waals surface area contributed by atoms with Crippen LogP contribution in [0.3, 0.4) is 0 Å². The maximum absolute atomic E-state index is 12.2. The fourth-order valence-corrected chi connectivity index (χ4v) is 3.20. The van der Waals surface area contributed by atoms with Crippen LogP contribution in [0.5, 0.6) is 5.75 Å². The van der Waals surface area contributed by atoms with Crippen LogP contribution >= 0.6 is 0 Å². The molecular formula is C23H21N3O4. The smallest absolute Gasteiger partial charge is 0.338 e. The Balaban J connectivity index is 1.32. The first-order valence-corrected chi connectivity index (χ1v) is 9.57. The summed E-state index contributed by atoms with van der Waals surface area (Å²) in [5.74, 6) is 0.174. The van der Waals surface area contributed by atoms with Crippen molar-refractivity contribution >= 4 is 17.7 Å². The van der Waals surface area contributed by atoms with Gasteiger partial charge in [-0.2, -0.15) is 0 Å². The minimum Gasteiger partial charge on any atom is -0.470 e. The van der Waals surface area contributed by atoms with Crippen LogP contribution in [0.2, 0.25) is 0 Å². The predicted molar refractivity (Wildman–Crippen MR) is 110 cm³/mol. The Hall–Kier alpha value is -3.87. The van der Waals surface area contributed by atoms with Crippen LogP contribution in [-0.2, 0) is 22.6 Å². The molecule has 2 atom stereocenters. The molecule has 1 amide bonds. The van der Waals surface area contributed by atoms with E-state index in [1.165, 1.54) is 0 Å². The van der Waals surface area contributed by atoms with Crippen molar-refractivity contribution in [2.24, 2.45) is 5.92 Å². The van der Waals surface area contributed by atoms with Crippen LogP contribution in [-0.4, -0.2) is 23.1 Å². The normalized spacial score (nSPS) is 17.5. The predicted octanol–water partition coefficient (Wildman–Crippen LogP) is 2.71. The molecule has 1 aliphatic heterocycles. The molecule has 30 heavy (non-hydrogen) atoms. The SMILES string of the molecule is Nc1cc(CC2C(=O)N[C@@H]2Oc2ccc(C(=O)OCc3ccccc3)cc2)ccn1. The summed E-state index contributed by atoms with van der Waals surface area (Å²) in [7, 11) is 0. The van der Waals surface area contributed by atoms with E-state index in [2.05, 4.69) is 10.3 Å². The van der Waals surface area contributed by atoms with E-state index in [9.17, 15) is 9.59 Å². The molecule has 1 aromatic heterocycles. The zero-order valence-corrected chi connectivity index (χ0v) is 16.2. The van der Waals surface area contributed by atoms with Crippen molar-refractivity contribution in [3.63, 3.8) is 0 Å². The molecule has 0 aliphatic carbocycles. The molecule has 0 spiro atoms. The molecule has 0 radical (unpaired) electrons. The van der Waals surface area contributed by atoms with E-state index in [4.69, 9.17) is 15.2 Å². The number of β-lactam (4-membered cyclic amide) rings is 1. The number of nitrogen functional groups attached to an aromatic ring is 1. The average molecular weight is 403 g/mol. The standard InChI is InChI=1S/C23H21N3O4/c24-20-13-16(10-11-25-20)12-19-21(27)26-22(19)30-18-8-6-17(7-9-18)23(28)29-14-15-4-2-1-3-5-15/h1-11,13,19,22H,12,14H2,(H2,24,25)(H,26,27)/t19?,22-/m1/s1. The lowest BCUT2D eigenvalue weighted by Gasteiger charge is -2.36. The number of hydrogen-bond acceptors (Lipinski definition) is 6. The van der Waals surface area contributed by atoms with Gasteiger partial charge in [-0.05, 0) is 53.9 Å². The molecule has 152 valence electrons. The number of esters is 1. The second-order valence-electron chi connectivity index (χ2n) is 7.03. The molecule has 1 saturated heterocycles. The first kappa shape index (κ1) is 19.4. The Morgan fingerprint density at radius 3 is 2.50 bits per heavy atom. The van der Waals surface area contributed by atoms with E-state index < -0.39 is 12.2 Å². The average Bonchev–Trinajstić information content (AvgIpc) is 2.77. The number of ether oxygens (including phenoxy) is 2. The summed E-state index contributed by atoms with van der Waals surface area (Å²) in [6, 6.07) is 19.7. The number of anilines is 1. The third-order valence-corrected chi connectivity index (χ3v) is 4.85. The number of carbonyl (C=O) groups excluding carboxylic acids is 2. The van der Waals surface area contributed by atoms with Crippen LogP contribution in [0.4, 0.5) is 5.82 Å². The van der Waals surface area contributed by atoms with Gasteiger partial charge in [-0.15, -0.1) is 0 Å². The Morgan fingerprint density at radius 2 is 1.80 bits per heavy atom. The van der Waals surface area contributed by atoms with Gasteiger partial charge >= 0.3 is 5.97 Å². The van der Waals surface area contributed by atoms with Crippen LogP contribution in [0.1, 0.15) is 21.5 Å². The zero-order valence-electron chi connectivity index (χ0n) is 16.2. The van der Waals surface area contributed by atoms with E-state index in [0.29, 0.717) is 23.6 Å². The molecule has 0 bridgehead atoms. The summed E-state index contributed by atoms with van der Waals surface area (Å²) in [6.45, 7) is 0.216. The van der Waals surface area contributed by atoms with Crippen molar-refractivity contribution < 1.29 is 19.1 Å². The molecule has 2 aromatic carbocycles. The monoisotopic (exact) mass is 403 g/mol. The lowest BCUT2D eigenvalue weighted by atomic mass is 9.91. The lowest BCUT2D eigenvalue weighted by molar-refractivity contribution is -0.144. The van der Waals surface area contributed by atoms with E-state index >= 15 is 0 Å². The quantitative estimate of drug-likeness (QED) is 0.464. The largest absolute Gasteiger partial charge is 0.470 e. The Morgan fingerprint density at radius 1 is 1.03 bits per heavy atom. The summed E-state index contributed by atoms with van der Waals surface area (Å²) < 4.78 is 11.2. The van der Waals surface area contributed by atoms with Crippen molar-refractivity contribution in [1.29, 1.82) is 0 Å². The Kier molecular flexibility index (Phi) is 5.61. The van der Waals surface area contributed by atoms with Gasteiger partial charge in [0.15, 0.2) is 6.23 Å². The van der Waals surface area contributed by atoms with Gasteiger partial charge in [0.1, 0.15) is 18.2 Å². The summed E-state index contributed by atoms with van der Waals surface area (Å²) >= 11 is 0. The summed E-state index contributed by atoms with van der Waals surface area (Å²) in [4.78, 5) is 28.1. The van der Waals surface area contributed by atoms with Crippen LogP contribution in [0.15, 0.2) is 72.9 Å². The highest BCUT2D eigenvalue weighted by molar-refractivity contribution is 5.89. The highest BCUT2D eigenvalue weighted by Gasteiger charge is 2.41. The number of rotatable bonds is 7. The highest BCUT2D eigenvalue weighted by atomic mass is 16.5. The molecule has 0 saturated carbocycles. The third-order valence-electron chi connectivity index (χ3n) is 4.85. The molecule has 7 heteroatoms. The van der Waals surface area contributed by atoms with E-state index in [-0.39, 0.29) is 18.4 Å². The topological polar surface area (TPSA) is 104 Å². The number of nitrogens with zero attached hydrogens (tertiary/aromatic N) is 1. The van der Waals surface area contributed by atoms with Gasteiger partial charge in [0.25, 0.3) is 0 Å². The molecule has 2 heterocycles. The minimum atomic E-state index is -0.442. The van der Waals surface area contributed by atoms with Crippen LogP contribution < -0.4 is 15.8 Å². The summed E-state index contributed by atoms with van der Waals surface area (Å²) in [6.07, 6.45) is 1.68. The van der Waals surface area contributed by atoms with Gasteiger partial charge in [0.2, 0.25) is 5.91 Å². The van der Waals surface area contributed by atoms with E-state index in [1.807, 2.05) is 36.4 Å². The van der Waals surface area contributed by atoms with Gasteiger partial charge in [0, 0.05) is 6.20 Å². The minimum absolute atomic E-state index is 0.0727. The fraction of sp³-hybridized carbons (Fsp3) is 0.174. The van der Waals surface area contributed by atoms with Crippen LogP contribution in [0, 0.1) is 5.92 Å². The molecule has 4 rings (SSSR count). The van der Waals surface area contributed by atoms with E-state index in [1.54, 1.807) is 36.5 Å². The molecule has 7 nitrogen and oxygen atoms in total. The summed E-state index contributed by atoms with van der Waals surface area (Å²) in [5.41, 5.74) is 7.98. The van der Waals surface area contributed by atoms with Crippen molar-refractivity contribution in [2.45, 2.75) is 19.3 Å². The summed E-state index contributed by atoms with van der Waals surface area (Å²) in [5, 5.41) is 2.75. The van der Waals surface area contributed by atoms with Gasteiger partial charge in [-0.3, -0.25) is 4.79 Å². The first-order valence-electron chi connectivity index (χ1n) is 9.57. The number of nitrogens with one attached hydrogen (secondary N) is 1. The Labute approximate surface area is 173 Å². The highest BCUT2D eigenvalue weighted by Crippen LogP contribution is 2.25. The number of carbonyl (C=O) groups is 2. The van der Waals surface area contributed by atoms with Crippen molar-refractivity contribution in [1.82, 2.24) is 10.3 Å². The maximum Gasteiger partial charge on any atom is 0.338 e. The van der Waals surface area contributed by atoms with Crippen molar-refractivity contribution in [3.05, 3.63) is 89.6 Å². The number of nitrogens with two attached hydrogens (primary N) is 1. The fourth-order valence-electron chi connectivity index (χ4n) is 3.20. The van der Waals surface area contributed by atoms with Crippen molar-refractivity contribution in [3.8, 4) is 5.75 Å².